The number of fused-ring (bicyclic) bond motifs is 1. The van der Waals surface area contributed by atoms with E-state index in [1.807, 2.05) is 6.92 Å². The summed E-state index contributed by atoms with van der Waals surface area (Å²) in [6, 6.07) is 8.78. The maximum absolute atomic E-state index is 13.8. The van der Waals surface area contributed by atoms with Gasteiger partial charge in [0.2, 0.25) is 5.91 Å². The number of aromatic nitrogens is 3. The number of nitrogen functional groups attached to an aromatic ring is 1. The number of thiazole rings is 1. The minimum atomic E-state index is -4.62. The Kier molecular flexibility index (Phi) is 9.99. The molecule has 0 fully saturated rings. The third-order valence-corrected chi connectivity index (χ3v) is 10.1. The van der Waals surface area contributed by atoms with Crippen molar-refractivity contribution in [3.8, 4) is 0 Å². The molecule has 2 aliphatic heterocycles. The Hall–Kier alpha value is -4.60. The van der Waals surface area contributed by atoms with Crippen LogP contribution in [-0.4, -0.2) is 56.7 Å². The summed E-state index contributed by atoms with van der Waals surface area (Å²) in [4.78, 5) is 37.0. The van der Waals surface area contributed by atoms with Crippen LogP contribution in [0.4, 0.5) is 28.5 Å². The molecule has 0 spiro atoms. The zero-order chi connectivity index (χ0) is 32.6. The number of hydrogen-bond acceptors (Lipinski definition) is 10. The summed E-state index contributed by atoms with van der Waals surface area (Å²) in [7, 11) is 1.50. The van der Waals surface area contributed by atoms with Crippen molar-refractivity contribution in [1.82, 2.24) is 19.4 Å². The number of hydrogen-bond donors (Lipinski definition) is 1. The van der Waals surface area contributed by atoms with E-state index in [-0.39, 0.29) is 47.0 Å². The standard InChI is InChI=1S/C22H22F3N4O3S2.C7H4FN2S.Lr/c1-5-17(30)28-12(2)8-27(9-13(28)3)20-15-6-14(22(23,24)25)7-16-19(15)29(21(31)26-20)18(10-32-4)34-11-33-16;8-4-2-1-3-5-6(4)11-7(9)10-5;/h5-6,8,13,18H,1,9-11H2,2-4H3;1-2H,(H2,9,10);/q2*-1;/t13-,18+;;/m0../s1. The zero-order valence-corrected chi connectivity index (χ0v) is 29.0. The Morgan fingerprint density at radius 3 is 2.70 bits per heavy atom. The van der Waals surface area contributed by atoms with E-state index in [4.69, 9.17) is 10.5 Å². The van der Waals surface area contributed by atoms with Crippen molar-refractivity contribution in [2.24, 2.45) is 0 Å². The summed E-state index contributed by atoms with van der Waals surface area (Å²) in [6.07, 6.45) is -1.80. The largest absolute Gasteiger partial charge is 0.394 e. The molecule has 4 aromatic rings. The number of nitrogens with two attached hydrogens (primary N) is 1. The van der Waals surface area contributed by atoms with E-state index < -0.39 is 22.8 Å². The minimum absolute atomic E-state index is 0. The number of alkyl halides is 3. The molecule has 1 amide bonds. The average Bonchev–Trinajstić information content (AvgIpc) is 3.27. The molecule has 0 unspecified atom stereocenters. The summed E-state index contributed by atoms with van der Waals surface area (Å²) >= 11 is 3.73. The van der Waals surface area contributed by atoms with Crippen LogP contribution >= 0.6 is 34.9 Å². The van der Waals surface area contributed by atoms with Crippen LogP contribution in [0, 0.1) is 17.9 Å². The summed E-state index contributed by atoms with van der Waals surface area (Å²) in [5.74, 6) is -0.461. The third kappa shape index (κ3) is 6.52. The second-order valence-corrected chi connectivity index (χ2v) is 13.5. The number of carbonyl (C=O) groups is 1. The number of amides is 1. The second kappa shape index (κ2) is 13.4. The quantitative estimate of drug-likeness (QED) is 0.149. The molecule has 0 saturated carbocycles. The molecule has 2 aromatic heterocycles. The topological polar surface area (TPSA) is 107 Å². The van der Waals surface area contributed by atoms with Gasteiger partial charge < -0.3 is 24.8 Å². The molecule has 0 aliphatic carbocycles. The van der Waals surface area contributed by atoms with Gasteiger partial charge in [0.05, 0.1) is 18.0 Å². The smallest absolute Gasteiger partial charge is 0.382 e. The fraction of sp³-hybridized carbons (Fsp3) is 0.310. The Morgan fingerprint density at radius 2 is 2.07 bits per heavy atom. The van der Waals surface area contributed by atoms with E-state index in [2.05, 4.69) is 28.7 Å². The number of methoxy groups -OCH3 is 1. The summed E-state index contributed by atoms with van der Waals surface area (Å²) in [5, 5.41) is 0.548. The Labute approximate surface area is 267 Å². The number of benzene rings is 2. The van der Waals surface area contributed by atoms with Gasteiger partial charge in [-0.05, 0) is 35.7 Å². The van der Waals surface area contributed by atoms with Crippen molar-refractivity contribution >= 4 is 72.8 Å². The summed E-state index contributed by atoms with van der Waals surface area (Å²) < 4.78 is 61.3. The molecule has 9 nitrogen and oxygen atoms in total. The molecular weight excluding hydrogens is 915 g/mol. The van der Waals surface area contributed by atoms with Gasteiger partial charge in [0, 0.05) is 36.5 Å². The first-order chi connectivity index (χ1) is 21.3. The third-order valence-electron chi connectivity index (χ3n) is 6.88. The fourth-order valence-electron chi connectivity index (χ4n) is 5.07. The van der Waals surface area contributed by atoms with Gasteiger partial charge in [-0.15, -0.1) is 35.7 Å². The van der Waals surface area contributed by atoms with Crippen LogP contribution in [0.25, 0.3) is 21.1 Å². The van der Waals surface area contributed by atoms with Gasteiger partial charge >= 0.3 is 11.9 Å². The summed E-state index contributed by atoms with van der Waals surface area (Å²) in [5.41, 5.74) is 5.28. The van der Waals surface area contributed by atoms with Crippen LogP contribution in [0.2, 0.25) is 0 Å². The van der Waals surface area contributed by atoms with Crippen molar-refractivity contribution in [3.63, 3.8) is 0 Å². The Bertz CT molecular complexity index is 1880. The number of ether oxygens (including phenoxy) is 1. The van der Waals surface area contributed by atoms with E-state index in [0.717, 1.165) is 17.4 Å². The van der Waals surface area contributed by atoms with E-state index in [1.165, 1.54) is 53.4 Å². The predicted octanol–water partition coefficient (Wildman–Crippen LogP) is 6.06. The normalized spacial score (nSPS) is 17.9. The molecule has 46 heavy (non-hydrogen) atoms. The average molecular weight is 941 g/mol. The number of halogens is 4. The summed E-state index contributed by atoms with van der Waals surface area (Å²) in [6.45, 7) is 7.47. The Morgan fingerprint density at radius 1 is 1.33 bits per heavy atom. The Balaban J connectivity index is 0.000000336. The molecule has 2 N–H and O–H groups in total. The maximum Gasteiger partial charge on any atom is 0.394 e. The molecule has 2 aromatic carbocycles. The van der Waals surface area contributed by atoms with E-state index in [9.17, 15) is 27.2 Å². The molecule has 2 aliphatic rings. The molecule has 4 heterocycles. The van der Waals surface area contributed by atoms with E-state index >= 15 is 0 Å². The maximum atomic E-state index is 13.8. The van der Waals surface area contributed by atoms with Gasteiger partial charge in [-0.2, -0.15) is 47.7 Å². The number of nitrogens with zero attached hydrogens (tertiary/aromatic N) is 5. The van der Waals surface area contributed by atoms with Crippen molar-refractivity contribution in [1.29, 1.82) is 0 Å². The molecule has 17 heteroatoms. The first kappa shape index (κ1) is 34.3. The van der Waals surface area contributed by atoms with Crippen LogP contribution in [0.1, 0.15) is 24.8 Å². The van der Waals surface area contributed by atoms with Crippen molar-refractivity contribution in [3.05, 3.63) is 76.7 Å². The predicted molar refractivity (Wildman–Crippen MR) is 170 cm³/mol. The van der Waals surface area contributed by atoms with Gasteiger partial charge in [0.1, 0.15) is 5.82 Å². The molecule has 2 atom stereocenters. The van der Waals surface area contributed by atoms with Crippen LogP contribution in [-0.2, 0) is 15.7 Å². The van der Waals surface area contributed by atoms with E-state index in [0.29, 0.717) is 31.6 Å². The van der Waals surface area contributed by atoms with Crippen molar-refractivity contribution in [2.45, 2.75) is 36.3 Å². The van der Waals surface area contributed by atoms with Gasteiger partial charge in [-0.25, -0.2) is 14.2 Å². The molecule has 1 radical (unpaired) electrons. The number of allylic oxidation sites excluding steroid dienone is 1. The van der Waals surface area contributed by atoms with Crippen LogP contribution in [0.3, 0.4) is 0 Å². The number of rotatable bonds is 4. The number of thioether (sulfide) groups is 2. The molecule has 0 bridgehead atoms. The van der Waals surface area contributed by atoms with Crippen LogP contribution in [0.15, 0.2) is 52.4 Å². The SMILES string of the molecule is C=CC(=O)N1C(C)=CN(c2nc(=O)n3c4c([c-]c(C(F)(F)F)cc24)SCS[C@@H]3COC)C[C@@H]1C.Nc1nc2[c-]ccc(F)c2s1.[Lr]. The van der Waals surface area contributed by atoms with Gasteiger partial charge in [-0.1, -0.05) is 22.4 Å². The second-order valence-electron chi connectivity index (χ2n) is 9.94. The van der Waals surface area contributed by atoms with Gasteiger partial charge in [0.15, 0.2) is 5.13 Å². The molecule has 0 saturated heterocycles. The first-order valence-electron chi connectivity index (χ1n) is 13.3. The van der Waals surface area contributed by atoms with Crippen molar-refractivity contribution in [2.75, 3.05) is 36.0 Å². The zero-order valence-electron chi connectivity index (χ0n) is 24.4. The minimum Gasteiger partial charge on any atom is -0.382 e. The monoisotopic (exact) mass is 940 g/mol. The number of carbonyl (C=O) groups excluding carboxylic acids is 1. The van der Waals surface area contributed by atoms with Gasteiger partial charge in [0.25, 0.3) is 0 Å². The van der Waals surface area contributed by atoms with E-state index in [1.54, 1.807) is 22.9 Å². The van der Waals surface area contributed by atoms with Crippen molar-refractivity contribution < 1.29 is 27.1 Å². The molecule has 6 rings (SSSR count). The molecular formula is C29H26F4LrN6O3S3-2. The first-order valence-corrected chi connectivity index (χ1v) is 16.1. The van der Waals surface area contributed by atoms with Crippen LogP contribution in [0.5, 0.6) is 0 Å². The van der Waals surface area contributed by atoms with Gasteiger partial charge in [-0.3, -0.25) is 4.79 Å². The fourth-order valence-corrected chi connectivity index (χ4v) is 8.26. The van der Waals surface area contributed by atoms with Crippen LogP contribution < -0.4 is 16.3 Å². The number of anilines is 2. The molecule has 253 valence electrons.